The second kappa shape index (κ2) is 9.20. The topological polar surface area (TPSA) is 62.4 Å². The number of carbonyl (C=O) groups is 1. The molecule has 0 heterocycles. The molecule has 6 heteroatoms. The molecule has 0 aliphatic heterocycles. The van der Waals surface area contributed by atoms with Gasteiger partial charge in [-0.3, -0.25) is 4.79 Å². The first-order valence-electron chi connectivity index (χ1n) is 8.54. The van der Waals surface area contributed by atoms with Crippen molar-refractivity contribution in [2.24, 2.45) is 0 Å². The SMILES string of the molecule is CCOc1ccc(NC(=S)NCC(=O)Nc2c(C)cc(C)cc2C)cc1. The highest BCUT2D eigenvalue weighted by atomic mass is 32.1. The maximum Gasteiger partial charge on any atom is 0.243 e. The molecule has 0 spiro atoms. The second-order valence-corrected chi connectivity index (χ2v) is 6.50. The van der Waals surface area contributed by atoms with Gasteiger partial charge in [0.1, 0.15) is 5.75 Å². The Balaban J connectivity index is 1.84. The van der Waals surface area contributed by atoms with Gasteiger partial charge in [-0.05, 0) is 75.3 Å². The van der Waals surface area contributed by atoms with Gasteiger partial charge in [-0.2, -0.15) is 0 Å². The summed E-state index contributed by atoms with van der Waals surface area (Å²) in [6.07, 6.45) is 0. The first-order valence-corrected chi connectivity index (χ1v) is 8.95. The minimum Gasteiger partial charge on any atom is -0.494 e. The Morgan fingerprint density at radius 2 is 1.65 bits per heavy atom. The summed E-state index contributed by atoms with van der Waals surface area (Å²) in [5.41, 5.74) is 4.96. The first-order chi connectivity index (χ1) is 12.4. The Hall–Kier alpha value is -2.60. The molecule has 0 aliphatic carbocycles. The predicted molar refractivity (Wildman–Crippen MR) is 111 cm³/mol. The maximum atomic E-state index is 12.2. The van der Waals surface area contributed by atoms with E-state index in [4.69, 9.17) is 17.0 Å². The Morgan fingerprint density at radius 1 is 1.04 bits per heavy atom. The number of hydrogen-bond donors (Lipinski definition) is 3. The molecule has 3 N–H and O–H groups in total. The van der Waals surface area contributed by atoms with E-state index < -0.39 is 0 Å². The highest BCUT2D eigenvalue weighted by Gasteiger charge is 2.09. The number of ether oxygens (including phenoxy) is 1. The van der Waals surface area contributed by atoms with Gasteiger partial charge in [0, 0.05) is 11.4 Å². The number of thiocarbonyl (C=S) groups is 1. The highest BCUT2D eigenvalue weighted by molar-refractivity contribution is 7.80. The first kappa shape index (κ1) is 19.7. The van der Waals surface area contributed by atoms with E-state index >= 15 is 0 Å². The average molecular weight is 372 g/mol. The maximum absolute atomic E-state index is 12.2. The van der Waals surface area contributed by atoms with Gasteiger partial charge < -0.3 is 20.7 Å². The zero-order valence-corrected chi connectivity index (χ0v) is 16.4. The summed E-state index contributed by atoms with van der Waals surface area (Å²) in [6.45, 7) is 8.67. The average Bonchev–Trinajstić information content (AvgIpc) is 2.58. The Morgan fingerprint density at radius 3 is 2.23 bits per heavy atom. The third kappa shape index (κ3) is 5.74. The molecule has 0 bridgehead atoms. The van der Waals surface area contributed by atoms with Crippen LogP contribution in [0.15, 0.2) is 36.4 Å². The number of benzene rings is 2. The number of amides is 1. The summed E-state index contributed by atoms with van der Waals surface area (Å²) in [4.78, 5) is 12.2. The van der Waals surface area contributed by atoms with E-state index in [9.17, 15) is 4.79 Å². The predicted octanol–water partition coefficient (Wildman–Crippen LogP) is 3.94. The van der Waals surface area contributed by atoms with Crippen LogP contribution in [0.25, 0.3) is 0 Å². The summed E-state index contributed by atoms with van der Waals surface area (Å²) in [5, 5.41) is 9.30. The van der Waals surface area contributed by atoms with Gasteiger partial charge in [0.2, 0.25) is 5.91 Å². The van der Waals surface area contributed by atoms with Crippen molar-refractivity contribution in [1.29, 1.82) is 0 Å². The van der Waals surface area contributed by atoms with Crippen LogP contribution in [0.2, 0.25) is 0 Å². The smallest absolute Gasteiger partial charge is 0.243 e. The summed E-state index contributed by atoms with van der Waals surface area (Å²) in [5.74, 6) is 0.663. The molecule has 0 unspecified atom stereocenters. The van der Waals surface area contributed by atoms with Gasteiger partial charge in [-0.1, -0.05) is 17.7 Å². The molecule has 0 saturated heterocycles. The fraction of sp³-hybridized carbons (Fsp3) is 0.300. The van der Waals surface area contributed by atoms with Crippen LogP contribution in [0, 0.1) is 20.8 Å². The van der Waals surface area contributed by atoms with Crippen molar-refractivity contribution in [2.45, 2.75) is 27.7 Å². The minimum absolute atomic E-state index is 0.0929. The van der Waals surface area contributed by atoms with E-state index in [1.54, 1.807) is 0 Å². The summed E-state index contributed by atoms with van der Waals surface area (Å²) in [6, 6.07) is 11.6. The third-order valence-electron chi connectivity index (χ3n) is 3.77. The van der Waals surface area contributed by atoms with Crippen molar-refractivity contribution in [3.05, 3.63) is 53.1 Å². The molecule has 0 fully saturated rings. The number of aryl methyl sites for hydroxylation is 3. The van der Waals surface area contributed by atoms with Crippen molar-refractivity contribution in [2.75, 3.05) is 23.8 Å². The van der Waals surface area contributed by atoms with E-state index in [0.717, 1.165) is 28.3 Å². The fourth-order valence-corrected chi connectivity index (χ4v) is 2.89. The van der Waals surface area contributed by atoms with Crippen LogP contribution in [0.5, 0.6) is 5.75 Å². The summed E-state index contributed by atoms with van der Waals surface area (Å²) >= 11 is 5.24. The zero-order valence-electron chi connectivity index (χ0n) is 15.6. The molecule has 5 nitrogen and oxygen atoms in total. The molecule has 0 atom stereocenters. The molecule has 2 aromatic rings. The molecule has 2 rings (SSSR count). The van der Waals surface area contributed by atoms with Crippen molar-refractivity contribution in [1.82, 2.24) is 5.32 Å². The molecular weight excluding hydrogens is 346 g/mol. The van der Waals surface area contributed by atoms with E-state index in [1.807, 2.05) is 64.1 Å². The number of carbonyl (C=O) groups excluding carboxylic acids is 1. The summed E-state index contributed by atoms with van der Waals surface area (Å²) < 4.78 is 5.40. The van der Waals surface area contributed by atoms with Gasteiger partial charge in [0.05, 0.1) is 13.2 Å². The number of hydrogen-bond acceptors (Lipinski definition) is 3. The number of nitrogens with one attached hydrogen (secondary N) is 3. The lowest BCUT2D eigenvalue weighted by molar-refractivity contribution is -0.115. The molecule has 2 aromatic carbocycles. The van der Waals surface area contributed by atoms with Gasteiger partial charge >= 0.3 is 0 Å². The Kier molecular flexibility index (Phi) is 6.97. The van der Waals surface area contributed by atoms with Crippen LogP contribution in [-0.2, 0) is 4.79 Å². The fourth-order valence-electron chi connectivity index (χ4n) is 2.70. The normalized spacial score (nSPS) is 10.2. The quantitative estimate of drug-likeness (QED) is 0.672. The lowest BCUT2D eigenvalue weighted by Crippen LogP contribution is -2.35. The van der Waals surface area contributed by atoms with E-state index in [1.165, 1.54) is 5.56 Å². The van der Waals surface area contributed by atoms with Crippen LogP contribution >= 0.6 is 12.2 Å². The van der Waals surface area contributed by atoms with Gasteiger partial charge in [0.15, 0.2) is 5.11 Å². The molecule has 0 radical (unpaired) electrons. The number of rotatable bonds is 6. The van der Waals surface area contributed by atoms with Crippen molar-refractivity contribution < 1.29 is 9.53 Å². The molecule has 0 aromatic heterocycles. The van der Waals surface area contributed by atoms with E-state index in [2.05, 4.69) is 16.0 Å². The third-order valence-corrected chi connectivity index (χ3v) is 4.02. The monoisotopic (exact) mass is 371 g/mol. The lowest BCUT2D eigenvalue weighted by Gasteiger charge is -2.14. The van der Waals surface area contributed by atoms with Crippen LogP contribution in [0.1, 0.15) is 23.6 Å². The van der Waals surface area contributed by atoms with Gasteiger partial charge in [-0.15, -0.1) is 0 Å². The second-order valence-electron chi connectivity index (χ2n) is 6.09. The molecule has 0 saturated carbocycles. The zero-order chi connectivity index (χ0) is 19.1. The molecule has 26 heavy (non-hydrogen) atoms. The van der Waals surface area contributed by atoms with Crippen molar-refractivity contribution in [3.63, 3.8) is 0 Å². The number of anilines is 2. The molecular formula is C20H25N3O2S. The lowest BCUT2D eigenvalue weighted by atomic mass is 10.1. The molecule has 1 amide bonds. The van der Waals surface area contributed by atoms with Gasteiger partial charge in [-0.25, -0.2) is 0 Å². The molecule has 0 aliphatic rings. The molecule has 138 valence electrons. The van der Waals surface area contributed by atoms with E-state index in [0.29, 0.717) is 11.7 Å². The van der Waals surface area contributed by atoms with Crippen molar-refractivity contribution in [3.8, 4) is 5.75 Å². The van der Waals surface area contributed by atoms with Crippen LogP contribution in [0.4, 0.5) is 11.4 Å². The van der Waals surface area contributed by atoms with Crippen LogP contribution in [0.3, 0.4) is 0 Å². The Labute approximate surface area is 160 Å². The summed E-state index contributed by atoms with van der Waals surface area (Å²) in [7, 11) is 0. The highest BCUT2D eigenvalue weighted by Crippen LogP contribution is 2.21. The van der Waals surface area contributed by atoms with Crippen molar-refractivity contribution >= 4 is 34.6 Å². The van der Waals surface area contributed by atoms with Gasteiger partial charge in [0.25, 0.3) is 0 Å². The standard InChI is InChI=1S/C20H25N3O2S/c1-5-25-17-8-6-16(7-9-17)22-20(26)21-12-18(24)23-19-14(3)10-13(2)11-15(19)4/h6-11H,5,12H2,1-4H3,(H,23,24)(H2,21,22,26). The minimum atomic E-state index is -0.143. The largest absolute Gasteiger partial charge is 0.494 e. The van der Waals surface area contributed by atoms with E-state index in [-0.39, 0.29) is 12.5 Å². The van der Waals surface area contributed by atoms with Crippen LogP contribution in [-0.4, -0.2) is 24.2 Å². The van der Waals surface area contributed by atoms with Crippen LogP contribution < -0.4 is 20.7 Å². The Bertz CT molecular complexity index is 765.